The van der Waals surface area contributed by atoms with E-state index in [0.29, 0.717) is 17.1 Å². The van der Waals surface area contributed by atoms with Gasteiger partial charge in [-0.2, -0.15) is 5.10 Å². The largest absolute Gasteiger partial charge is 0.497 e. The molecule has 2 aromatic carbocycles. The molecular weight excluding hydrogens is 362 g/mol. The van der Waals surface area contributed by atoms with Crippen molar-refractivity contribution in [1.29, 1.82) is 0 Å². The van der Waals surface area contributed by atoms with Crippen LogP contribution >= 0.6 is 11.8 Å². The lowest BCUT2D eigenvalue weighted by molar-refractivity contribution is -0.117. The van der Waals surface area contributed by atoms with Crippen molar-refractivity contribution >= 4 is 23.4 Å². The molecule has 27 heavy (non-hydrogen) atoms. The first-order valence-electron chi connectivity index (χ1n) is 8.25. The summed E-state index contributed by atoms with van der Waals surface area (Å²) < 4.78 is 6.37. The van der Waals surface area contributed by atoms with Crippen LogP contribution in [0.15, 0.2) is 70.4 Å². The predicted molar refractivity (Wildman–Crippen MR) is 107 cm³/mol. The van der Waals surface area contributed by atoms with Crippen LogP contribution in [0, 0.1) is 0 Å². The van der Waals surface area contributed by atoms with Crippen LogP contribution in [0.1, 0.15) is 0 Å². The monoisotopic (exact) mass is 381 g/mol. The number of carbonyl (C=O) groups excluding carboxylic acids is 1. The summed E-state index contributed by atoms with van der Waals surface area (Å²) in [4.78, 5) is 25.5. The standard InChI is InChI=1S/C20H19N3O3S/c1-26-16-7-3-5-14(11-16)18-9-10-20(25)23(22-18)13-19(24)21-15-6-4-8-17(12-15)27-2/h3-12H,13H2,1-2H3,(H,21,24). The lowest BCUT2D eigenvalue weighted by Gasteiger charge is -2.09. The number of anilines is 1. The summed E-state index contributed by atoms with van der Waals surface area (Å²) in [6, 6.07) is 17.9. The molecule has 3 rings (SSSR count). The number of methoxy groups -OCH3 is 1. The van der Waals surface area contributed by atoms with E-state index in [9.17, 15) is 9.59 Å². The van der Waals surface area contributed by atoms with Crippen LogP contribution < -0.4 is 15.6 Å². The highest BCUT2D eigenvalue weighted by Gasteiger charge is 2.09. The molecule has 7 heteroatoms. The highest BCUT2D eigenvalue weighted by molar-refractivity contribution is 7.98. The molecular formula is C20H19N3O3S. The smallest absolute Gasteiger partial charge is 0.267 e. The van der Waals surface area contributed by atoms with E-state index in [4.69, 9.17) is 4.74 Å². The van der Waals surface area contributed by atoms with Gasteiger partial charge in [0, 0.05) is 22.2 Å². The van der Waals surface area contributed by atoms with E-state index < -0.39 is 0 Å². The predicted octanol–water partition coefficient (Wildman–Crippen LogP) is 3.28. The molecule has 0 aliphatic heterocycles. The van der Waals surface area contributed by atoms with Gasteiger partial charge in [-0.1, -0.05) is 18.2 Å². The average Bonchev–Trinajstić information content (AvgIpc) is 2.69. The van der Waals surface area contributed by atoms with Gasteiger partial charge >= 0.3 is 0 Å². The van der Waals surface area contributed by atoms with Gasteiger partial charge in [0.05, 0.1) is 12.8 Å². The normalized spacial score (nSPS) is 10.4. The van der Waals surface area contributed by atoms with Gasteiger partial charge in [0.1, 0.15) is 12.3 Å². The minimum atomic E-state index is -0.338. The fourth-order valence-electron chi connectivity index (χ4n) is 2.54. The fraction of sp³-hybridized carbons (Fsp3) is 0.150. The van der Waals surface area contributed by atoms with Gasteiger partial charge in [-0.05, 0) is 42.7 Å². The fourth-order valence-corrected chi connectivity index (χ4v) is 3.00. The highest BCUT2D eigenvalue weighted by Crippen LogP contribution is 2.21. The van der Waals surface area contributed by atoms with Crippen molar-refractivity contribution in [3.05, 3.63) is 71.0 Å². The molecule has 1 aromatic heterocycles. The van der Waals surface area contributed by atoms with Gasteiger partial charge in [-0.25, -0.2) is 4.68 Å². The lowest BCUT2D eigenvalue weighted by atomic mass is 10.1. The van der Waals surface area contributed by atoms with Crippen molar-refractivity contribution in [2.75, 3.05) is 18.7 Å². The summed E-state index contributed by atoms with van der Waals surface area (Å²) >= 11 is 1.59. The number of amides is 1. The van der Waals surface area contributed by atoms with Gasteiger partial charge in [0.2, 0.25) is 5.91 Å². The third-order valence-corrected chi connectivity index (χ3v) is 4.60. The quantitative estimate of drug-likeness (QED) is 0.664. The molecule has 0 atom stereocenters. The van der Waals surface area contributed by atoms with Crippen molar-refractivity contribution in [3.8, 4) is 17.0 Å². The summed E-state index contributed by atoms with van der Waals surface area (Å²) in [5.74, 6) is 0.379. The third kappa shape index (κ3) is 4.77. The van der Waals surface area contributed by atoms with Crippen molar-refractivity contribution < 1.29 is 9.53 Å². The van der Waals surface area contributed by atoms with Gasteiger partial charge in [0.15, 0.2) is 0 Å². The molecule has 138 valence electrons. The van der Waals surface area contributed by atoms with Gasteiger partial charge in [0.25, 0.3) is 5.56 Å². The molecule has 0 radical (unpaired) electrons. The van der Waals surface area contributed by atoms with E-state index in [1.165, 1.54) is 6.07 Å². The van der Waals surface area contributed by atoms with E-state index in [-0.39, 0.29) is 18.0 Å². The Labute approximate surface area is 161 Å². The first-order valence-corrected chi connectivity index (χ1v) is 9.48. The lowest BCUT2D eigenvalue weighted by Crippen LogP contribution is -2.29. The number of rotatable bonds is 6. The van der Waals surface area contributed by atoms with Crippen molar-refractivity contribution in [3.63, 3.8) is 0 Å². The second kappa shape index (κ2) is 8.55. The minimum Gasteiger partial charge on any atom is -0.497 e. The number of aromatic nitrogens is 2. The number of nitrogens with zero attached hydrogens (tertiary/aromatic N) is 2. The van der Waals surface area contributed by atoms with E-state index >= 15 is 0 Å². The maximum Gasteiger partial charge on any atom is 0.267 e. The number of thioether (sulfide) groups is 1. The molecule has 3 aromatic rings. The Morgan fingerprint density at radius 1 is 1.15 bits per heavy atom. The molecule has 1 heterocycles. The van der Waals surface area contributed by atoms with Crippen LogP contribution in [-0.4, -0.2) is 29.1 Å². The van der Waals surface area contributed by atoms with Crippen LogP contribution in [0.5, 0.6) is 5.75 Å². The van der Waals surface area contributed by atoms with Crippen LogP contribution in [0.25, 0.3) is 11.3 Å². The second-order valence-electron chi connectivity index (χ2n) is 5.73. The molecule has 0 saturated heterocycles. The Morgan fingerprint density at radius 3 is 2.74 bits per heavy atom. The van der Waals surface area contributed by atoms with Crippen LogP contribution in [-0.2, 0) is 11.3 Å². The number of carbonyl (C=O) groups is 1. The first kappa shape index (κ1) is 18.7. The second-order valence-corrected chi connectivity index (χ2v) is 6.61. The first-order chi connectivity index (χ1) is 13.1. The topological polar surface area (TPSA) is 73.2 Å². The Balaban J connectivity index is 1.79. The third-order valence-electron chi connectivity index (χ3n) is 3.88. The average molecular weight is 381 g/mol. The molecule has 6 nitrogen and oxygen atoms in total. The number of nitrogens with one attached hydrogen (secondary N) is 1. The zero-order valence-electron chi connectivity index (χ0n) is 15.0. The number of hydrogen-bond donors (Lipinski definition) is 1. The Bertz CT molecular complexity index is 1020. The van der Waals surface area contributed by atoms with E-state index in [1.807, 2.05) is 48.7 Å². The Hall–Kier alpha value is -3.06. The van der Waals surface area contributed by atoms with Crippen LogP contribution in [0.2, 0.25) is 0 Å². The number of ether oxygens (including phenoxy) is 1. The van der Waals surface area contributed by atoms with Crippen molar-refractivity contribution in [2.24, 2.45) is 0 Å². The Morgan fingerprint density at radius 2 is 1.96 bits per heavy atom. The summed E-state index contributed by atoms with van der Waals surface area (Å²) in [5.41, 5.74) is 1.74. The molecule has 0 spiro atoms. The zero-order valence-corrected chi connectivity index (χ0v) is 15.8. The van der Waals surface area contributed by atoms with E-state index in [1.54, 1.807) is 31.0 Å². The molecule has 0 aliphatic carbocycles. The van der Waals surface area contributed by atoms with E-state index in [2.05, 4.69) is 10.4 Å². The summed E-state index contributed by atoms with van der Waals surface area (Å²) in [6.07, 6.45) is 1.97. The molecule has 0 aliphatic rings. The molecule has 0 bridgehead atoms. The molecule has 0 fully saturated rings. The van der Waals surface area contributed by atoms with Crippen molar-refractivity contribution in [1.82, 2.24) is 9.78 Å². The van der Waals surface area contributed by atoms with Gasteiger partial charge in [-0.3, -0.25) is 9.59 Å². The minimum absolute atomic E-state index is 0.167. The van der Waals surface area contributed by atoms with Crippen LogP contribution in [0.4, 0.5) is 5.69 Å². The maximum atomic E-state index is 12.3. The molecule has 0 unspecified atom stereocenters. The maximum absolute atomic E-state index is 12.3. The van der Waals surface area contributed by atoms with Gasteiger partial charge in [-0.15, -0.1) is 11.8 Å². The SMILES string of the molecule is COc1cccc(-c2ccc(=O)n(CC(=O)Nc3cccc(SC)c3)n2)c1. The summed E-state index contributed by atoms with van der Waals surface area (Å²) in [5, 5.41) is 7.11. The highest BCUT2D eigenvalue weighted by atomic mass is 32.2. The zero-order chi connectivity index (χ0) is 19.2. The van der Waals surface area contributed by atoms with E-state index in [0.717, 1.165) is 15.1 Å². The number of benzene rings is 2. The Kier molecular flexibility index (Phi) is 5.93. The van der Waals surface area contributed by atoms with Crippen LogP contribution in [0.3, 0.4) is 0 Å². The molecule has 1 amide bonds. The summed E-state index contributed by atoms with van der Waals surface area (Å²) in [7, 11) is 1.59. The molecule has 0 saturated carbocycles. The summed E-state index contributed by atoms with van der Waals surface area (Å²) in [6.45, 7) is -0.167. The van der Waals surface area contributed by atoms with Crippen molar-refractivity contribution in [2.45, 2.75) is 11.4 Å². The molecule has 1 N–H and O–H groups in total. The van der Waals surface area contributed by atoms with Gasteiger partial charge < -0.3 is 10.1 Å². The number of hydrogen-bond acceptors (Lipinski definition) is 5.